The van der Waals surface area contributed by atoms with E-state index in [1.54, 1.807) is 33.8 Å². The van der Waals surface area contributed by atoms with E-state index in [1.807, 2.05) is 30.3 Å². The number of ether oxygens (including phenoxy) is 2. The topological polar surface area (TPSA) is 64.6 Å². The second-order valence-corrected chi connectivity index (χ2v) is 6.51. The van der Waals surface area contributed by atoms with E-state index in [0.717, 1.165) is 5.56 Å². The normalized spacial score (nSPS) is 13.6. The molecule has 23 heavy (non-hydrogen) atoms. The standard InChI is InChI=1S/C18H25NO4/c1-6-12-18(5,19-16(21)23-17(2,3)4)15(20)22-13-14-10-8-7-9-11-14/h6-11H,1,12-13H2,2-5H3,(H,19,21)/t18-/m0/s1. The average Bonchev–Trinajstić information content (AvgIpc) is 2.43. The number of amides is 1. The van der Waals surface area contributed by atoms with Crippen LogP contribution in [0.15, 0.2) is 43.0 Å². The highest BCUT2D eigenvalue weighted by Gasteiger charge is 2.36. The highest BCUT2D eigenvalue weighted by atomic mass is 16.6. The second-order valence-electron chi connectivity index (χ2n) is 6.51. The van der Waals surface area contributed by atoms with E-state index in [1.165, 1.54) is 0 Å². The molecule has 0 aliphatic heterocycles. The molecule has 0 aromatic heterocycles. The van der Waals surface area contributed by atoms with Crippen molar-refractivity contribution in [3.8, 4) is 0 Å². The summed E-state index contributed by atoms with van der Waals surface area (Å²) >= 11 is 0. The Morgan fingerprint density at radius 1 is 1.17 bits per heavy atom. The SMILES string of the molecule is C=CC[C@](C)(NC(=O)OC(C)(C)C)C(=O)OCc1ccccc1. The lowest BCUT2D eigenvalue weighted by Crippen LogP contribution is -2.53. The van der Waals surface area contributed by atoms with Crippen LogP contribution >= 0.6 is 0 Å². The molecule has 0 unspecified atom stereocenters. The van der Waals surface area contributed by atoms with Crippen LogP contribution in [0.4, 0.5) is 4.79 Å². The fourth-order valence-electron chi connectivity index (χ4n) is 1.89. The Morgan fingerprint density at radius 3 is 2.30 bits per heavy atom. The number of rotatable bonds is 6. The maximum Gasteiger partial charge on any atom is 0.408 e. The Hall–Kier alpha value is -2.30. The molecule has 0 spiro atoms. The summed E-state index contributed by atoms with van der Waals surface area (Å²) in [5.41, 5.74) is -0.995. The lowest BCUT2D eigenvalue weighted by Gasteiger charge is -2.29. The summed E-state index contributed by atoms with van der Waals surface area (Å²) in [5.74, 6) is -0.535. The van der Waals surface area contributed by atoms with Gasteiger partial charge in [0, 0.05) is 0 Å². The molecule has 0 radical (unpaired) electrons. The Bertz CT molecular complexity index is 548. The molecule has 0 fully saturated rings. The van der Waals surface area contributed by atoms with Gasteiger partial charge in [0.15, 0.2) is 0 Å². The number of carbonyl (C=O) groups is 2. The van der Waals surface area contributed by atoms with Crippen LogP contribution in [0.2, 0.25) is 0 Å². The molecule has 0 bridgehead atoms. The average molecular weight is 319 g/mol. The van der Waals surface area contributed by atoms with Crippen molar-refractivity contribution in [2.24, 2.45) is 0 Å². The predicted octanol–water partition coefficient (Wildman–Crippen LogP) is 3.59. The second kappa shape index (κ2) is 7.81. The minimum absolute atomic E-state index is 0.141. The number of carbonyl (C=O) groups excluding carboxylic acids is 2. The van der Waals surface area contributed by atoms with Crippen LogP contribution in [-0.4, -0.2) is 23.2 Å². The quantitative estimate of drug-likeness (QED) is 0.643. The first-order chi connectivity index (χ1) is 10.7. The molecule has 0 saturated heterocycles. The maximum absolute atomic E-state index is 12.4. The fourth-order valence-corrected chi connectivity index (χ4v) is 1.89. The van der Waals surface area contributed by atoms with Crippen molar-refractivity contribution in [1.29, 1.82) is 0 Å². The van der Waals surface area contributed by atoms with E-state index in [4.69, 9.17) is 9.47 Å². The lowest BCUT2D eigenvalue weighted by atomic mass is 9.98. The van der Waals surface area contributed by atoms with Crippen LogP contribution in [-0.2, 0) is 20.9 Å². The Morgan fingerprint density at radius 2 is 1.78 bits per heavy atom. The van der Waals surface area contributed by atoms with E-state index in [2.05, 4.69) is 11.9 Å². The van der Waals surface area contributed by atoms with Crippen LogP contribution in [0.3, 0.4) is 0 Å². The molecule has 0 aliphatic rings. The van der Waals surface area contributed by atoms with Gasteiger partial charge in [0.25, 0.3) is 0 Å². The van der Waals surface area contributed by atoms with Gasteiger partial charge in [0.2, 0.25) is 0 Å². The zero-order chi connectivity index (χ0) is 17.5. The largest absolute Gasteiger partial charge is 0.459 e. The molecule has 5 heteroatoms. The zero-order valence-electron chi connectivity index (χ0n) is 14.2. The number of hydrogen-bond acceptors (Lipinski definition) is 4. The molecule has 1 aromatic rings. The molecule has 0 heterocycles. The first-order valence-corrected chi connectivity index (χ1v) is 7.49. The number of hydrogen-bond donors (Lipinski definition) is 1. The summed E-state index contributed by atoms with van der Waals surface area (Å²) in [7, 11) is 0. The van der Waals surface area contributed by atoms with Crippen molar-refractivity contribution in [2.45, 2.75) is 51.9 Å². The first-order valence-electron chi connectivity index (χ1n) is 7.49. The summed E-state index contributed by atoms with van der Waals surface area (Å²) in [6, 6.07) is 9.34. The molecular weight excluding hydrogens is 294 g/mol. The van der Waals surface area contributed by atoms with Crippen LogP contribution < -0.4 is 5.32 Å². The maximum atomic E-state index is 12.4. The van der Waals surface area contributed by atoms with Crippen molar-refractivity contribution in [1.82, 2.24) is 5.32 Å². The number of benzene rings is 1. The Kier molecular flexibility index (Phi) is 6.37. The van der Waals surface area contributed by atoms with Crippen molar-refractivity contribution < 1.29 is 19.1 Å². The van der Waals surface area contributed by atoms with Gasteiger partial charge in [-0.3, -0.25) is 0 Å². The molecule has 126 valence electrons. The van der Waals surface area contributed by atoms with Crippen LogP contribution in [0.25, 0.3) is 0 Å². The van der Waals surface area contributed by atoms with Crippen LogP contribution in [0, 0.1) is 0 Å². The third-order valence-electron chi connectivity index (χ3n) is 2.99. The van der Waals surface area contributed by atoms with E-state index in [0.29, 0.717) is 0 Å². The lowest BCUT2D eigenvalue weighted by molar-refractivity contribution is -0.152. The molecule has 1 aromatic carbocycles. The van der Waals surface area contributed by atoms with Gasteiger partial charge in [0.1, 0.15) is 17.7 Å². The minimum atomic E-state index is -1.22. The van der Waals surface area contributed by atoms with Crippen molar-refractivity contribution in [3.05, 3.63) is 48.6 Å². The zero-order valence-corrected chi connectivity index (χ0v) is 14.2. The minimum Gasteiger partial charge on any atom is -0.459 e. The van der Waals surface area contributed by atoms with Crippen molar-refractivity contribution >= 4 is 12.1 Å². The van der Waals surface area contributed by atoms with Gasteiger partial charge in [-0.25, -0.2) is 9.59 Å². The summed E-state index contributed by atoms with van der Waals surface area (Å²) in [6.07, 6.45) is 1.12. The molecule has 1 atom stereocenters. The fraction of sp³-hybridized carbons (Fsp3) is 0.444. The van der Waals surface area contributed by atoms with Gasteiger partial charge >= 0.3 is 12.1 Å². The third-order valence-corrected chi connectivity index (χ3v) is 2.99. The molecule has 1 rings (SSSR count). The molecule has 1 N–H and O–H groups in total. The summed E-state index contributed by atoms with van der Waals surface area (Å²) in [6.45, 7) is 10.6. The number of alkyl carbamates (subject to hydrolysis) is 1. The van der Waals surface area contributed by atoms with Crippen molar-refractivity contribution in [2.75, 3.05) is 0 Å². The van der Waals surface area contributed by atoms with Gasteiger partial charge in [-0.2, -0.15) is 0 Å². The monoisotopic (exact) mass is 319 g/mol. The molecule has 1 amide bonds. The van der Waals surface area contributed by atoms with Gasteiger partial charge in [0.05, 0.1) is 0 Å². The molecule has 0 saturated carbocycles. The van der Waals surface area contributed by atoms with E-state index >= 15 is 0 Å². The summed E-state index contributed by atoms with van der Waals surface area (Å²) in [5, 5.41) is 2.58. The van der Waals surface area contributed by atoms with E-state index in [-0.39, 0.29) is 13.0 Å². The molecule has 0 aliphatic carbocycles. The van der Waals surface area contributed by atoms with Crippen molar-refractivity contribution in [3.63, 3.8) is 0 Å². The first kappa shape index (κ1) is 18.7. The smallest absolute Gasteiger partial charge is 0.408 e. The van der Waals surface area contributed by atoms with E-state index in [9.17, 15) is 9.59 Å². The predicted molar refractivity (Wildman–Crippen MR) is 88.8 cm³/mol. The third kappa shape index (κ3) is 6.55. The van der Waals surface area contributed by atoms with Gasteiger partial charge in [-0.05, 0) is 39.7 Å². The van der Waals surface area contributed by atoms with E-state index < -0.39 is 23.2 Å². The van der Waals surface area contributed by atoms with Crippen LogP contribution in [0.1, 0.15) is 39.7 Å². The summed E-state index contributed by atoms with van der Waals surface area (Å²) < 4.78 is 10.5. The summed E-state index contributed by atoms with van der Waals surface area (Å²) in [4.78, 5) is 24.3. The number of esters is 1. The van der Waals surface area contributed by atoms with Gasteiger partial charge in [-0.15, -0.1) is 6.58 Å². The number of nitrogens with one attached hydrogen (secondary N) is 1. The molecule has 5 nitrogen and oxygen atoms in total. The highest BCUT2D eigenvalue weighted by molar-refractivity contribution is 5.85. The Balaban J connectivity index is 2.72. The highest BCUT2D eigenvalue weighted by Crippen LogP contribution is 2.16. The molecular formula is C18H25NO4. The van der Waals surface area contributed by atoms with Gasteiger partial charge in [-0.1, -0.05) is 36.4 Å². The Labute approximate surface area is 137 Å². The van der Waals surface area contributed by atoms with Gasteiger partial charge < -0.3 is 14.8 Å². The van der Waals surface area contributed by atoms with Crippen LogP contribution in [0.5, 0.6) is 0 Å².